The van der Waals surface area contributed by atoms with Gasteiger partial charge in [-0.2, -0.15) is 4.72 Å². The molecule has 0 amide bonds. The molecule has 112 valence electrons. The molecule has 9 heteroatoms. The van der Waals surface area contributed by atoms with Crippen molar-refractivity contribution in [2.24, 2.45) is 0 Å². The minimum absolute atomic E-state index is 0.00145. The van der Waals surface area contributed by atoms with Gasteiger partial charge in [0.25, 0.3) is 0 Å². The van der Waals surface area contributed by atoms with E-state index in [1.54, 1.807) is 12.1 Å². The summed E-state index contributed by atoms with van der Waals surface area (Å²) in [7, 11) is -3.91. The number of carbonyl (C=O) groups is 1. The Balaban J connectivity index is 2.19. The highest BCUT2D eigenvalue weighted by Crippen LogP contribution is 2.15. The Labute approximate surface area is 129 Å². The molecule has 1 aromatic carbocycles. The largest absolute Gasteiger partial charge is 0.480 e. The van der Waals surface area contributed by atoms with Crippen molar-refractivity contribution in [3.05, 3.63) is 47.0 Å². The van der Waals surface area contributed by atoms with Crippen LogP contribution in [0.25, 0.3) is 0 Å². The second-order valence-corrected chi connectivity index (χ2v) is 6.88. The molecule has 0 aliphatic heterocycles. The van der Waals surface area contributed by atoms with Crippen molar-refractivity contribution in [1.29, 1.82) is 0 Å². The van der Waals surface area contributed by atoms with Crippen molar-refractivity contribution in [2.45, 2.75) is 17.4 Å². The van der Waals surface area contributed by atoms with E-state index in [1.165, 1.54) is 24.7 Å². The van der Waals surface area contributed by atoms with E-state index in [0.29, 0.717) is 5.69 Å². The van der Waals surface area contributed by atoms with Gasteiger partial charge in [-0.05, 0) is 24.3 Å². The third-order valence-corrected chi connectivity index (χ3v) is 4.71. The van der Waals surface area contributed by atoms with E-state index in [4.69, 9.17) is 5.11 Å². The Morgan fingerprint density at radius 2 is 2.05 bits per heavy atom. The molecule has 2 aromatic rings. The van der Waals surface area contributed by atoms with Gasteiger partial charge in [0.15, 0.2) is 0 Å². The molecule has 2 rings (SSSR count). The second-order valence-electron chi connectivity index (χ2n) is 4.25. The summed E-state index contributed by atoms with van der Waals surface area (Å²) in [5.74, 6) is -1.26. The summed E-state index contributed by atoms with van der Waals surface area (Å²) in [5.41, 5.74) is 0.529. The predicted molar refractivity (Wildman–Crippen MR) is 78.2 cm³/mol. The van der Waals surface area contributed by atoms with Gasteiger partial charge in [-0.15, -0.1) is 0 Å². The first kappa shape index (κ1) is 15.7. The van der Waals surface area contributed by atoms with Gasteiger partial charge in [-0.25, -0.2) is 13.4 Å². The smallest absolute Gasteiger partial charge is 0.322 e. The first-order valence-electron chi connectivity index (χ1n) is 5.86. The predicted octanol–water partition coefficient (Wildman–Crippen LogP) is 1.15. The van der Waals surface area contributed by atoms with Gasteiger partial charge in [0.1, 0.15) is 6.04 Å². The number of aliphatic carboxylic acids is 1. The number of hydrogen-bond donors (Lipinski definition) is 3. The quantitative estimate of drug-likeness (QED) is 0.702. The number of halogens is 1. The summed E-state index contributed by atoms with van der Waals surface area (Å²) in [6.45, 7) is 0. The third-order valence-electron chi connectivity index (χ3n) is 2.70. The molecular weight excluding hydrogens is 362 g/mol. The molecule has 0 aliphatic carbocycles. The molecule has 0 radical (unpaired) electrons. The summed E-state index contributed by atoms with van der Waals surface area (Å²) in [6.07, 6.45) is 2.83. The molecule has 0 unspecified atom stereocenters. The Morgan fingerprint density at radius 1 is 1.38 bits per heavy atom. The number of aromatic amines is 1. The lowest BCUT2D eigenvalue weighted by atomic mass is 10.2. The molecule has 0 saturated heterocycles. The lowest BCUT2D eigenvalue weighted by Gasteiger charge is -2.14. The fraction of sp³-hybridized carbons (Fsp3) is 0.167. The van der Waals surface area contributed by atoms with Crippen molar-refractivity contribution in [1.82, 2.24) is 14.7 Å². The Kier molecular flexibility index (Phi) is 4.76. The van der Waals surface area contributed by atoms with Gasteiger partial charge in [-0.1, -0.05) is 15.9 Å². The zero-order valence-corrected chi connectivity index (χ0v) is 13.1. The molecule has 0 bridgehead atoms. The fourth-order valence-corrected chi connectivity index (χ4v) is 3.12. The molecule has 0 saturated carbocycles. The van der Waals surface area contributed by atoms with Crippen molar-refractivity contribution in [2.75, 3.05) is 0 Å². The van der Waals surface area contributed by atoms with Crippen LogP contribution in [0.15, 0.2) is 46.2 Å². The van der Waals surface area contributed by atoms with Crippen LogP contribution in [0.2, 0.25) is 0 Å². The van der Waals surface area contributed by atoms with Crippen molar-refractivity contribution < 1.29 is 18.3 Å². The van der Waals surface area contributed by atoms with Crippen LogP contribution in [0.1, 0.15) is 5.69 Å². The molecule has 1 aromatic heterocycles. The highest BCUT2D eigenvalue weighted by atomic mass is 79.9. The SMILES string of the molecule is O=C(O)[C@@H](Cc1cnc[nH]1)NS(=O)(=O)c1ccc(Br)cc1. The zero-order valence-electron chi connectivity index (χ0n) is 10.7. The molecule has 1 heterocycles. The number of sulfonamides is 1. The van der Waals surface area contributed by atoms with Crippen LogP contribution < -0.4 is 4.72 Å². The maximum absolute atomic E-state index is 12.2. The average molecular weight is 374 g/mol. The molecule has 21 heavy (non-hydrogen) atoms. The highest BCUT2D eigenvalue weighted by Gasteiger charge is 2.26. The summed E-state index contributed by atoms with van der Waals surface area (Å²) in [5, 5.41) is 9.16. The molecule has 0 spiro atoms. The maximum atomic E-state index is 12.2. The standard InChI is InChI=1S/C12H12BrN3O4S/c13-8-1-3-10(4-2-8)21(19,20)16-11(12(17)18)5-9-6-14-7-15-9/h1-4,6-7,11,16H,5H2,(H,14,15)(H,17,18)/t11-/m1/s1. The molecule has 1 atom stereocenters. The van der Waals surface area contributed by atoms with Gasteiger partial charge in [0.05, 0.1) is 11.2 Å². The number of nitrogens with one attached hydrogen (secondary N) is 2. The molecular formula is C12H12BrN3O4S. The first-order valence-corrected chi connectivity index (χ1v) is 8.14. The van der Waals surface area contributed by atoms with Crippen molar-refractivity contribution in [3.8, 4) is 0 Å². The normalized spacial score (nSPS) is 13.0. The Morgan fingerprint density at radius 3 is 2.57 bits per heavy atom. The number of aromatic nitrogens is 2. The van der Waals surface area contributed by atoms with Crippen LogP contribution >= 0.6 is 15.9 Å². The van der Waals surface area contributed by atoms with E-state index >= 15 is 0 Å². The van der Waals surface area contributed by atoms with Gasteiger partial charge < -0.3 is 10.1 Å². The topological polar surface area (TPSA) is 112 Å². The number of carboxylic acids is 1. The molecule has 3 N–H and O–H groups in total. The average Bonchev–Trinajstić information content (AvgIpc) is 2.91. The van der Waals surface area contributed by atoms with Crippen LogP contribution in [-0.4, -0.2) is 35.5 Å². The van der Waals surface area contributed by atoms with E-state index in [0.717, 1.165) is 4.47 Å². The van der Waals surface area contributed by atoms with Gasteiger partial charge >= 0.3 is 5.97 Å². The second kappa shape index (κ2) is 6.37. The minimum atomic E-state index is -3.91. The highest BCUT2D eigenvalue weighted by molar-refractivity contribution is 9.10. The fourth-order valence-electron chi connectivity index (χ4n) is 1.66. The number of hydrogen-bond acceptors (Lipinski definition) is 4. The summed E-state index contributed by atoms with van der Waals surface area (Å²) >= 11 is 3.21. The minimum Gasteiger partial charge on any atom is -0.480 e. The first-order chi connectivity index (χ1) is 9.88. The number of rotatable bonds is 6. The third kappa shape index (κ3) is 4.13. The Hall–Kier alpha value is -1.71. The van der Waals surface area contributed by atoms with Gasteiger partial charge in [-0.3, -0.25) is 4.79 Å². The summed E-state index contributed by atoms with van der Waals surface area (Å²) < 4.78 is 27.2. The Bertz CT molecular complexity index is 713. The summed E-state index contributed by atoms with van der Waals surface area (Å²) in [6, 6.07) is 4.64. The maximum Gasteiger partial charge on any atom is 0.322 e. The molecule has 0 aliphatic rings. The van der Waals surface area contributed by atoms with Crippen molar-refractivity contribution >= 4 is 31.9 Å². The van der Waals surface area contributed by atoms with Crippen LogP contribution in [-0.2, 0) is 21.2 Å². The van der Waals surface area contributed by atoms with Crippen molar-refractivity contribution in [3.63, 3.8) is 0 Å². The number of H-pyrrole nitrogens is 1. The van der Waals surface area contributed by atoms with E-state index in [-0.39, 0.29) is 11.3 Å². The number of carboxylic acid groups (broad SMARTS) is 1. The van der Waals surface area contributed by atoms with Crippen LogP contribution in [0.4, 0.5) is 0 Å². The number of imidazole rings is 1. The van der Waals surface area contributed by atoms with Crippen LogP contribution in [0.3, 0.4) is 0 Å². The van der Waals surface area contributed by atoms with E-state index in [1.807, 2.05) is 0 Å². The van der Waals surface area contributed by atoms with Gasteiger partial charge in [0.2, 0.25) is 10.0 Å². The van der Waals surface area contributed by atoms with E-state index in [9.17, 15) is 13.2 Å². The van der Waals surface area contributed by atoms with Crippen LogP contribution in [0.5, 0.6) is 0 Å². The number of benzene rings is 1. The number of nitrogens with zero attached hydrogens (tertiary/aromatic N) is 1. The lowest BCUT2D eigenvalue weighted by Crippen LogP contribution is -2.42. The van der Waals surface area contributed by atoms with E-state index < -0.39 is 22.0 Å². The molecule has 0 fully saturated rings. The van der Waals surface area contributed by atoms with Crippen LogP contribution in [0, 0.1) is 0 Å². The van der Waals surface area contributed by atoms with Gasteiger partial charge in [0, 0.05) is 22.8 Å². The zero-order chi connectivity index (χ0) is 15.5. The van der Waals surface area contributed by atoms with E-state index in [2.05, 4.69) is 30.6 Å². The lowest BCUT2D eigenvalue weighted by molar-refractivity contribution is -0.138. The summed E-state index contributed by atoms with van der Waals surface area (Å²) in [4.78, 5) is 17.7. The monoisotopic (exact) mass is 373 g/mol. The molecule has 7 nitrogen and oxygen atoms in total.